The van der Waals surface area contributed by atoms with Gasteiger partial charge in [0.25, 0.3) is 5.56 Å². The monoisotopic (exact) mass is 539 g/mol. The van der Waals surface area contributed by atoms with E-state index in [1.54, 1.807) is 23.9 Å². The van der Waals surface area contributed by atoms with Gasteiger partial charge in [-0.1, -0.05) is 36.4 Å². The number of aromatic nitrogens is 5. The fraction of sp³-hybridized carbons (Fsp3) is 0.267. The molecule has 1 N–H and O–H groups in total. The average Bonchev–Trinajstić information content (AvgIpc) is 3.42. The number of hydrogen-bond acceptors (Lipinski definition) is 7. The Kier molecular flexibility index (Phi) is 7.00. The molecule has 1 aliphatic rings. The van der Waals surface area contributed by atoms with Crippen molar-refractivity contribution in [3.05, 3.63) is 111 Å². The third-order valence-corrected chi connectivity index (χ3v) is 7.48. The summed E-state index contributed by atoms with van der Waals surface area (Å²) in [5.41, 5.74) is 4.17. The fourth-order valence-electron chi connectivity index (χ4n) is 5.43. The summed E-state index contributed by atoms with van der Waals surface area (Å²) in [4.78, 5) is 21.2. The van der Waals surface area contributed by atoms with Crippen LogP contribution in [0.3, 0.4) is 0 Å². The first-order valence-electron chi connectivity index (χ1n) is 13.3. The van der Waals surface area contributed by atoms with Gasteiger partial charge >= 0.3 is 0 Å². The van der Waals surface area contributed by atoms with Gasteiger partial charge < -0.3 is 14.6 Å². The lowest BCUT2D eigenvalue weighted by Crippen LogP contribution is -2.49. The van der Waals surface area contributed by atoms with Crippen molar-refractivity contribution in [2.75, 3.05) is 38.2 Å². The van der Waals surface area contributed by atoms with E-state index in [0.29, 0.717) is 31.0 Å². The maximum absolute atomic E-state index is 13.6. The minimum atomic E-state index is -0.482. The highest BCUT2D eigenvalue weighted by Gasteiger charge is 2.33. The molecule has 0 aliphatic carbocycles. The number of halogens is 1. The molecule has 2 aromatic heterocycles. The van der Waals surface area contributed by atoms with E-state index in [4.69, 9.17) is 4.74 Å². The van der Waals surface area contributed by atoms with Crippen LogP contribution in [-0.2, 0) is 6.54 Å². The number of aromatic amines is 1. The fourth-order valence-corrected chi connectivity index (χ4v) is 5.43. The Bertz CT molecular complexity index is 1690. The van der Waals surface area contributed by atoms with Crippen molar-refractivity contribution < 1.29 is 9.13 Å². The molecule has 0 saturated carbocycles. The molecule has 1 fully saturated rings. The summed E-state index contributed by atoms with van der Waals surface area (Å²) in [5, 5.41) is 13.6. The largest absolute Gasteiger partial charge is 0.495 e. The molecule has 0 radical (unpaired) electrons. The number of methoxy groups -OCH3 is 1. The normalized spacial score (nSPS) is 14.9. The summed E-state index contributed by atoms with van der Waals surface area (Å²) >= 11 is 0. The third-order valence-electron chi connectivity index (χ3n) is 7.48. The molecule has 204 valence electrons. The van der Waals surface area contributed by atoms with E-state index >= 15 is 0 Å². The van der Waals surface area contributed by atoms with Crippen molar-refractivity contribution in [1.29, 1.82) is 0 Å². The summed E-state index contributed by atoms with van der Waals surface area (Å²) < 4.78 is 20.8. The number of pyridine rings is 1. The van der Waals surface area contributed by atoms with Gasteiger partial charge in [0.05, 0.1) is 19.3 Å². The second kappa shape index (κ2) is 10.9. The Labute approximate surface area is 230 Å². The minimum Gasteiger partial charge on any atom is -0.495 e. The zero-order chi connectivity index (χ0) is 27.6. The number of nitrogens with one attached hydrogen (secondary N) is 1. The summed E-state index contributed by atoms with van der Waals surface area (Å²) in [6, 6.07) is 21.7. The summed E-state index contributed by atoms with van der Waals surface area (Å²) in [5.74, 6) is 1.09. The van der Waals surface area contributed by atoms with Crippen molar-refractivity contribution >= 4 is 16.6 Å². The van der Waals surface area contributed by atoms with Crippen LogP contribution < -0.4 is 15.2 Å². The van der Waals surface area contributed by atoms with Gasteiger partial charge in [-0.3, -0.25) is 9.69 Å². The molecule has 1 saturated heterocycles. The zero-order valence-electron chi connectivity index (χ0n) is 22.4. The number of para-hydroxylation sites is 2. The topological polar surface area (TPSA) is 92.2 Å². The number of tetrazole rings is 1. The highest BCUT2D eigenvalue weighted by molar-refractivity contribution is 5.79. The Balaban J connectivity index is 1.38. The molecule has 0 bridgehead atoms. The first kappa shape index (κ1) is 25.7. The van der Waals surface area contributed by atoms with Crippen LogP contribution in [0.1, 0.15) is 28.6 Å². The summed E-state index contributed by atoms with van der Waals surface area (Å²) in [6.45, 7) is 5.18. The quantitative estimate of drug-likeness (QED) is 0.335. The van der Waals surface area contributed by atoms with Gasteiger partial charge in [0.1, 0.15) is 17.6 Å². The number of hydrogen-bond donors (Lipinski definition) is 1. The van der Waals surface area contributed by atoms with Gasteiger partial charge in [-0.05, 0) is 70.3 Å². The molecule has 40 heavy (non-hydrogen) atoms. The second-order valence-corrected chi connectivity index (χ2v) is 10.1. The lowest BCUT2D eigenvalue weighted by molar-refractivity contribution is 0.200. The van der Waals surface area contributed by atoms with Gasteiger partial charge in [-0.2, -0.15) is 0 Å². The van der Waals surface area contributed by atoms with Crippen molar-refractivity contribution in [2.24, 2.45) is 0 Å². The van der Waals surface area contributed by atoms with Gasteiger partial charge in [-0.25, -0.2) is 9.07 Å². The molecule has 1 aliphatic heterocycles. The molecule has 6 rings (SSSR count). The molecular weight excluding hydrogens is 509 g/mol. The Morgan fingerprint density at radius 3 is 2.55 bits per heavy atom. The molecule has 3 heterocycles. The number of H-pyrrole nitrogens is 1. The van der Waals surface area contributed by atoms with Crippen LogP contribution in [0.2, 0.25) is 0 Å². The summed E-state index contributed by atoms with van der Waals surface area (Å²) in [6.07, 6.45) is 0. The van der Waals surface area contributed by atoms with Crippen molar-refractivity contribution in [2.45, 2.75) is 19.5 Å². The van der Waals surface area contributed by atoms with E-state index in [9.17, 15) is 9.18 Å². The Morgan fingerprint density at radius 2 is 1.77 bits per heavy atom. The number of nitrogens with zero attached hydrogens (tertiary/aromatic N) is 6. The van der Waals surface area contributed by atoms with Gasteiger partial charge in [-0.15, -0.1) is 5.10 Å². The zero-order valence-corrected chi connectivity index (χ0v) is 22.4. The summed E-state index contributed by atoms with van der Waals surface area (Å²) in [7, 11) is 1.68. The average molecular weight is 540 g/mol. The molecule has 5 aromatic rings. The number of aryl methyl sites for hydroxylation is 1. The highest BCUT2D eigenvalue weighted by atomic mass is 19.1. The Morgan fingerprint density at radius 1 is 1.00 bits per heavy atom. The van der Waals surface area contributed by atoms with Crippen LogP contribution >= 0.6 is 0 Å². The van der Waals surface area contributed by atoms with Crippen LogP contribution in [0.25, 0.3) is 10.9 Å². The van der Waals surface area contributed by atoms with Gasteiger partial charge in [0.2, 0.25) is 0 Å². The number of piperazine rings is 1. The molecule has 10 heteroatoms. The van der Waals surface area contributed by atoms with E-state index in [0.717, 1.165) is 46.6 Å². The molecule has 0 spiro atoms. The second-order valence-electron chi connectivity index (χ2n) is 10.1. The maximum Gasteiger partial charge on any atom is 0.253 e. The van der Waals surface area contributed by atoms with Crippen LogP contribution in [0, 0.1) is 12.7 Å². The van der Waals surface area contributed by atoms with Crippen LogP contribution in [0.4, 0.5) is 10.1 Å². The standard InChI is InChI=1S/C30H30FN7O2/c1-20-7-10-22-18-24(30(39)32-25(22)17-20)28(29-33-34-35-38(29)19-21-8-11-23(31)12-9-21)37-15-13-36(14-16-37)26-5-3-4-6-27(26)40-2/h3-12,17-18,28H,13-16,19H2,1-2H3,(H,32,39). The van der Waals surface area contributed by atoms with E-state index in [2.05, 4.69) is 36.4 Å². The predicted molar refractivity (Wildman–Crippen MR) is 151 cm³/mol. The molecule has 0 amide bonds. The van der Waals surface area contributed by atoms with Crippen LogP contribution in [-0.4, -0.2) is 63.4 Å². The highest BCUT2D eigenvalue weighted by Crippen LogP contribution is 2.32. The van der Waals surface area contributed by atoms with Crippen LogP contribution in [0.5, 0.6) is 5.75 Å². The maximum atomic E-state index is 13.6. The third kappa shape index (κ3) is 5.05. The number of benzene rings is 3. The Hall–Kier alpha value is -4.57. The van der Waals surface area contributed by atoms with E-state index in [1.165, 1.54) is 12.1 Å². The lowest BCUT2D eigenvalue weighted by atomic mass is 10.0. The van der Waals surface area contributed by atoms with E-state index in [-0.39, 0.29) is 11.4 Å². The lowest BCUT2D eigenvalue weighted by Gasteiger charge is -2.40. The smallest absolute Gasteiger partial charge is 0.253 e. The molecule has 1 atom stereocenters. The molecule has 9 nitrogen and oxygen atoms in total. The van der Waals surface area contributed by atoms with Crippen molar-refractivity contribution in [1.82, 2.24) is 30.1 Å². The van der Waals surface area contributed by atoms with Crippen LogP contribution in [0.15, 0.2) is 77.6 Å². The molecule has 3 aromatic carbocycles. The van der Waals surface area contributed by atoms with E-state index in [1.807, 2.05) is 49.4 Å². The number of anilines is 1. The van der Waals surface area contributed by atoms with Gasteiger partial charge in [0, 0.05) is 37.3 Å². The van der Waals surface area contributed by atoms with E-state index < -0.39 is 6.04 Å². The van der Waals surface area contributed by atoms with Crippen molar-refractivity contribution in [3.8, 4) is 5.75 Å². The van der Waals surface area contributed by atoms with Gasteiger partial charge in [0.15, 0.2) is 5.82 Å². The van der Waals surface area contributed by atoms with Crippen molar-refractivity contribution in [3.63, 3.8) is 0 Å². The first-order valence-corrected chi connectivity index (χ1v) is 13.3. The minimum absolute atomic E-state index is 0.174. The number of ether oxygens (including phenoxy) is 1. The number of fused-ring (bicyclic) bond motifs is 1. The predicted octanol–water partition coefficient (Wildman–Crippen LogP) is 3.93. The molecular formula is C30H30FN7O2. The molecule has 1 unspecified atom stereocenters. The number of rotatable bonds is 7. The first-order chi connectivity index (χ1) is 19.5. The SMILES string of the molecule is COc1ccccc1N1CCN(C(c2cc3ccc(C)cc3[nH]c2=O)c2nnnn2Cc2ccc(F)cc2)CC1.